The first-order valence-electron chi connectivity index (χ1n) is 7.68. The summed E-state index contributed by atoms with van der Waals surface area (Å²) in [6.45, 7) is 6.10. The maximum atomic E-state index is 11.8. The Kier molecular flexibility index (Phi) is 3.95. The third kappa shape index (κ3) is 3.62. The first kappa shape index (κ1) is 15.3. The highest BCUT2D eigenvalue weighted by Crippen LogP contribution is 2.37. The van der Waals surface area contributed by atoms with Crippen LogP contribution in [0.4, 0.5) is 0 Å². The normalized spacial score (nSPS) is 13.2. The maximum Gasteiger partial charge on any atom is 0.331 e. The molecule has 1 aliphatic heterocycles. The molecule has 0 atom stereocenters. The number of carbonyl (C=O) groups is 1. The van der Waals surface area contributed by atoms with Crippen molar-refractivity contribution in [1.82, 2.24) is 0 Å². The maximum absolute atomic E-state index is 11.8. The molecule has 0 amide bonds. The van der Waals surface area contributed by atoms with Crippen LogP contribution in [0.1, 0.15) is 31.9 Å². The number of hydrogen-bond acceptors (Lipinski definition) is 3. The van der Waals surface area contributed by atoms with Gasteiger partial charge in [-0.1, -0.05) is 30.3 Å². The van der Waals surface area contributed by atoms with Crippen LogP contribution >= 0.6 is 0 Å². The smallest absolute Gasteiger partial charge is 0.331 e. The van der Waals surface area contributed by atoms with Gasteiger partial charge in [-0.2, -0.15) is 0 Å². The number of fused-ring (bicyclic) bond motifs is 3. The fourth-order valence-corrected chi connectivity index (χ4v) is 2.57. The molecule has 3 nitrogen and oxygen atoms in total. The molecule has 118 valence electrons. The minimum absolute atomic E-state index is 0.336. The van der Waals surface area contributed by atoms with Crippen LogP contribution in [-0.4, -0.2) is 11.6 Å². The Hall–Kier alpha value is -2.55. The summed E-state index contributed by atoms with van der Waals surface area (Å²) in [5.41, 5.74) is 3.89. The molecule has 2 aromatic rings. The zero-order valence-electron chi connectivity index (χ0n) is 13.6. The van der Waals surface area contributed by atoms with Gasteiger partial charge in [0.2, 0.25) is 0 Å². The average Bonchev–Trinajstić information content (AvgIpc) is 2.51. The van der Waals surface area contributed by atoms with E-state index in [4.69, 9.17) is 9.47 Å². The number of rotatable bonds is 2. The summed E-state index contributed by atoms with van der Waals surface area (Å²) in [4.78, 5) is 11.8. The molecule has 1 heterocycles. The molecule has 0 N–H and O–H groups in total. The number of carbonyl (C=O) groups excluding carboxylic acids is 1. The Morgan fingerprint density at radius 1 is 1.13 bits per heavy atom. The second-order valence-electron chi connectivity index (χ2n) is 6.57. The van der Waals surface area contributed by atoms with Crippen LogP contribution in [-0.2, 0) is 16.1 Å². The van der Waals surface area contributed by atoms with Gasteiger partial charge in [0.05, 0.1) is 0 Å². The lowest BCUT2D eigenvalue weighted by Crippen LogP contribution is -2.22. The summed E-state index contributed by atoms with van der Waals surface area (Å²) in [6.07, 6.45) is 3.24. The van der Waals surface area contributed by atoms with E-state index >= 15 is 0 Å². The molecule has 0 aliphatic carbocycles. The summed E-state index contributed by atoms with van der Waals surface area (Å²) >= 11 is 0. The Morgan fingerprint density at radius 3 is 2.70 bits per heavy atom. The second-order valence-corrected chi connectivity index (χ2v) is 6.57. The number of para-hydroxylation sites is 1. The third-order valence-electron chi connectivity index (χ3n) is 3.51. The minimum Gasteiger partial charge on any atom is -0.488 e. The van der Waals surface area contributed by atoms with E-state index in [1.165, 1.54) is 11.6 Å². The monoisotopic (exact) mass is 308 g/mol. The van der Waals surface area contributed by atoms with Crippen LogP contribution in [0.15, 0.2) is 48.5 Å². The van der Waals surface area contributed by atoms with E-state index in [1.54, 1.807) is 6.08 Å². The van der Waals surface area contributed by atoms with Crippen LogP contribution in [0, 0.1) is 0 Å². The SMILES string of the molecule is CC(C)(C)OC(=O)/C=C/c1ccc2c(c1)COc1ccccc1-2. The number of benzene rings is 2. The molecular weight excluding hydrogens is 288 g/mol. The van der Waals surface area contributed by atoms with Crippen molar-refractivity contribution >= 4 is 12.0 Å². The molecule has 2 aromatic carbocycles. The molecule has 3 heteroatoms. The Morgan fingerprint density at radius 2 is 1.91 bits per heavy atom. The predicted molar refractivity (Wildman–Crippen MR) is 91.1 cm³/mol. The fourth-order valence-electron chi connectivity index (χ4n) is 2.57. The van der Waals surface area contributed by atoms with Crippen LogP contribution in [0.25, 0.3) is 17.2 Å². The van der Waals surface area contributed by atoms with Crippen LogP contribution in [0.2, 0.25) is 0 Å². The van der Waals surface area contributed by atoms with Gasteiger partial charge < -0.3 is 9.47 Å². The van der Waals surface area contributed by atoms with Gasteiger partial charge in [0, 0.05) is 11.6 Å². The molecule has 0 radical (unpaired) electrons. The number of ether oxygens (including phenoxy) is 2. The Bertz CT molecular complexity index is 767. The summed E-state index contributed by atoms with van der Waals surface area (Å²) < 4.78 is 11.0. The van der Waals surface area contributed by atoms with Crippen molar-refractivity contribution in [1.29, 1.82) is 0 Å². The van der Waals surface area contributed by atoms with Gasteiger partial charge in [0.15, 0.2) is 0 Å². The molecule has 0 unspecified atom stereocenters. The highest BCUT2D eigenvalue weighted by Gasteiger charge is 2.17. The Labute approximate surface area is 136 Å². The molecule has 1 aliphatic rings. The van der Waals surface area contributed by atoms with E-state index in [-0.39, 0.29) is 5.97 Å². The van der Waals surface area contributed by atoms with Gasteiger partial charge >= 0.3 is 5.97 Å². The zero-order valence-corrected chi connectivity index (χ0v) is 13.6. The highest BCUT2D eigenvalue weighted by atomic mass is 16.6. The van der Waals surface area contributed by atoms with E-state index < -0.39 is 5.60 Å². The van der Waals surface area contributed by atoms with Crippen molar-refractivity contribution in [2.45, 2.75) is 33.0 Å². The number of esters is 1. The third-order valence-corrected chi connectivity index (χ3v) is 3.51. The summed E-state index contributed by atoms with van der Waals surface area (Å²) in [6, 6.07) is 14.1. The topological polar surface area (TPSA) is 35.5 Å². The van der Waals surface area contributed by atoms with E-state index in [0.717, 1.165) is 22.4 Å². The van der Waals surface area contributed by atoms with Gasteiger partial charge in [-0.3, -0.25) is 0 Å². The van der Waals surface area contributed by atoms with Gasteiger partial charge in [-0.15, -0.1) is 0 Å². The lowest BCUT2D eigenvalue weighted by atomic mass is 9.95. The van der Waals surface area contributed by atoms with Crippen molar-refractivity contribution in [3.05, 3.63) is 59.7 Å². The first-order valence-corrected chi connectivity index (χ1v) is 7.68. The van der Waals surface area contributed by atoms with E-state index in [2.05, 4.69) is 12.1 Å². The molecule has 0 fully saturated rings. The van der Waals surface area contributed by atoms with Crippen molar-refractivity contribution < 1.29 is 14.3 Å². The molecule has 0 bridgehead atoms. The average molecular weight is 308 g/mol. The molecule has 0 spiro atoms. The molecule has 0 saturated heterocycles. The zero-order chi connectivity index (χ0) is 16.4. The van der Waals surface area contributed by atoms with Gasteiger partial charge in [-0.05, 0) is 55.7 Å². The summed E-state index contributed by atoms with van der Waals surface area (Å²) in [7, 11) is 0. The fraction of sp³-hybridized carbons (Fsp3) is 0.250. The van der Waals surface area contributed by atoms with Crippen LogP contribution in [0.3, 0.4) is 0 Å². The minimum atomic E-state index is -0.477. The lowest BCUT2D eigenvalue weighted by Gasteiger charge is -2.21. The van der Waals surface area contributed by atoms with Crippen molar-refractivity contribution in [3.63, 3.8) is 0 Å². The van der Waals surface area contributed by atoms with Gasteiger partial charge in [-0.25, -0.2) is 4.79 Å². The van der Waals surface area contributed by atoms with Gasteiger partial charge in [0.1, 0.15) is 18.0 Å². The highest BCUT2D eigenvalue weighted by molar-refractivity contribution is 5.87. The largest absolute Gasteiger partial charge is 0.488 e. The van der Waals surface area contributed by atoms with E-state index in [1.807, 2.05) is 51.1 Å². The van der Waals surface area contributed by atoms with Crippen LogP contribution in [0.5, 0.6) is 5.75 Å². The quantitative estimate of drug-likeness (QED) is 0.601. The van der Waals surface area contributed by atoms with E-state index in [9.17, 15) is 4.79 Å². The first-order chi connectivity index (χ1) is 10.9. The molecule has 0 saturated carbocycles. The molecule has 3 rings (SSSR count). The molecular formula is C20H20O3. The van der Waals surface area contributed by atoms with Crippen molar-refractivity contribution in [3.8, 4) is 16.9 Å². The van der Waals surface area contributed by atoms with E-state index in [0.29, 0.717) is 6.61 Å². The molecule has 23 heavy (non-hydrogen) atoms. The van der Waals surface area contributed by atoms with Gasteiger partial charge in [0.25, 0.3) is 0 Å². The second kappa shape index (κ2) is 5.92. The van der Waals surface area contributed by atoms with Crippen LogP contribution < -0.4 is 4.74 Å². The van der Waals surface area contributed by atoms with Crippen molar-refractivity contribution in [2.75, 3.05) is 0 Å². The Balaban J connectivity index is 1.82. The standard InChI is InChI=1S/C20H20O3/c1-20(2,3)23-19(21)11-9-14-8-10-16-15(12-14)13-22-18-7-5-4-6-17(16)18/h4-12H,13H2,1-3H3/b11-9+. The predicted octanol–water partition coefficient (Wildman–Crippen LogP) is 4.60. The lowest BCUT2D eigenvalue weighted by molar-refractivity contribution is -0.148. The number of hydrogen-bond donors (Lipinski definition) is 0. The summed E-state index contributed by atoms with van der Waals surface area (Å²) in [5, 5.41) is 0. The van der Waals surface area contributed by atoms with Crippen molar-refractivity contribution in [2.24, 2.45) is 0 Å². The summed E-state index contributed by atoms with van der Waals surface area (Å²) in [5.74, 6) is 0.578. The molecule has 0 aromatic heterocycles.